The van der Waals surface area contributed by atoms with Crippen LogP contribution in [0.15, 0.2) is 158 Å². The van der Waals surface area contributed by atoms with Crippen molar-refractivity contribution >= 4 is 0 Å². The molecule has 6 aromatic rings. The van der Waals surface area contributed by atoms with Gasteiger partial charge in [0.1, 0.15) is 34.5 Å². The summed E-state index contributed by atoms with van der Waals surface area (Å²) in [6.07, 6.45) is 4.80. The number of benzene rings is 6. The zero-order chi connectivity index (χ0) is 29.5. The Bertz CT molecular complexity index is 2090. The van der Waals surface area contributed by atoms with Gasteiger partial charge in [-0.3, -0.25) is 0 Å². The average molecular weight is 569 g/mol. The molecule has 0 fully saturated rings. The van der Waals surface area contributed by atoms with E-state index in [1.54, 1.807) is 0 Å². The molecule has 210 valence electrons. The smallest absolute Gasteiger partial charge is 0.138 e. The molecule has 2 aliphatic heterocycles. The quantitative estimate of drug-likeness (QED) is 0.208. The van der Waals surface area contributed by atoms with Crippen LogP contribution >= 0.6 is 0 Å². The third-order valence-corrected chi connectivity index (χ3v) is 8.15. The molecule has 0 saturated heterocycles. The van der Waals surface area contributed by atoms with Crippen molar-refractivity contribution in [3.8, 4) is 73.3 Å². The van der Waals surface area contributed by atoms with Gasteiger partial charge in [-0.15, -0.1) is 0 Å². The molecule has 2 heterocycles. The number of fused-ring (bicyclic) bond motifs is 7. The first kappa shape index (κ1) is 25.9. The van der Waals surface area contributed by atoms with E-state index in [4.69, 9.17) is 14.2 Å². The summed E-state index contributed by atoms with van der Waals surface area (Å²) in [5, 5.41) is 0. The van der Waals surface area contributed by atoms with Gasteiger partial charge in [0.25, 0.3) is 0 Å². The van der Waals surface area contributed by atoms with Crippen molar-refractivity contribution in [2.75, 3.05) is 0 Å². The van der Waals surface area contributed by atoms with Crippen molar-refractivity contribution in [2.24, 2.45) is 0 Å². The summed E-state index contributed by atoms with van der Waals surface area (Å²) < 4.78 is 19.9. The van der Waals surface area contributed by atoms with Crippen LogP contribution in [0.1, 0.15) is 5.56 Å². The molecule has 8 rings (SSSR count). The Morgan fingerprint density at radius 2 is 1.00 bits per heavy atom. The lowest BCUT2D eigenvalue weighted by molar-refractivity contribution is 0.447. The van der Waals surface area contributed by atoms with Crippen LogP contribution in [0.5, 0.6) is 28.7 Å². The highest BCUT2D eigenvalue weighted by molar-refractivity contribution is 5.86. The predicted octanol–water partition coefficient (Wildman–Crippen LogP) is 11.3. The number of ether oxygens (including phenoxy) is 3. The first-order valence-electron chi connectivity index (χ1n) is 14.7. The molecule has 0 unspecified atom stereocenters. The molecular weight excluding hydrogens is 540 g/mol. The Morgan fingerprint density at radius 1 is 0.432 bits per heavy atom. The molecule has 0 amide bonds. The highest BCUT2D eigenvalue weighted by atomic mass is 16.5. The molecule has 44 heavy (non-hydrogen) atoms. The normalized spacial score (nSPS) is 13.0. The van der Waals surface area contributed by atoms with Crippen molar-refractivity contribution in [1.29, 1.82) is 0 Å². The third kappa shape index (κ3) is 4.65. The van der Waals surface area contributed by atoms with Crippen molar-refractivity contribution in [2.45, 2.75) is 6.42 Å². The topological polar surface area (TPSA) is 27.7 Å². The number of allylic oxidation sites excluding steroid dienone is 2. The van der Waals surface area contributed by atoms with Crippen molar-refractivity contribution < 1.29 is 14.2 Å². The highest BCUT2D eigenvalue weighted by Crippen LogP contribution is 2.49. The second kappa shape index (κ2) is 10.8. The van der Waals surface area contributed by atoms with E-state index >= 15 is 0 Å². The summed E-state index contributed by atoms with van der Waals surface area (Å²) in [7, 11) is 0. The number of hydrogen-bond acceptors (Lipinski definition) is 3. The summed E-state index contributed by atoms with van der Waals surface area (Å²) in [4.78, 5) is 0. The summed E-state index contributed by atoms with van der Waals surface area (Å²) in [6.45, 7) is 4.07. The largest absolute Gasteiger partial charge is 0.457 e. The van der Waals surface area contributed by atoms with Gasteiger partial charge in [0.05, 0.1) is 0 Å². The van der Waals surface area contributed by atoms with Crippen LogP contribution in [0, 0.1) is 0 Å². The molecule has 0 aliphatic carbocycles. The van der Waals surface area contributed by atoms with Crippen LogP contribution in [-0.4, -0.2) is 0 Å². The van der Waals surface area contributed by atoms with E-state index in [1.807, 2.05) is 48.5 Å². The molecule has 3 nitrogen and oxygen atoms in total. The van der Waals surface area contributed by atoms with Crippen LogP contribution < -0.4 is 14.2 Å². The maximum Gasteiger partial charge on any atom is 0.138 e. The number of rotatable bonds is 2. The van der Waals surface area contributed by atoms with Gasteiger partial charge in [-0.1, -0.05) is 110 Å². The lowest BCUT2D eigenvalue weighted by Gasteiger charge is -2.22. The lowest BCUT2D eigenvalue weighted by atomic mass is 9.94. The zero-order valence-corrected chi connectivity index (χ0v) is 24.0. The monoisotopic (exact) mass is 568 g/mol. The summed E-state index contributed by atoms with van der Waals surface area (Å²) >= 11 is 0. The number of hydrogen-bond donors (Lipinski definition) is 0. The second-order valence-electron chi connectivity index (χ2n) is 11.0. The van der Waals surface area contributed by atoms with E-state index in [1.165, 1.54) is 0 Å². The van der Waals surface area contributed by atoms with Gasteiger partial charge in [-0.2, -0.15) is 0 Å². The SMILES string of the molecule is C=C1C=CCc2cccc(-c3ccc4c(c3)Oc3ccccc3-c3ccccc3Oc3cc(-c5ccccc5)ccc3-4)c2O1. The lowest BCUT2D eigenvalue weighted by Crippen LogP contribution is -1.99. The van der Waals surface area contributed by atoms with E-state index < -0.39 is 0 Å². The van der Waals surface area contributed by atoms with Crippen LogP contribution in [0.4, 0.5) is 0 Å². The van der Waals surface area contributed by atoms with Gasteiger partial charge in [0.15, 0.2) is 0 Å². The summed E-state index contributed by atoms with van der Waals surface area (Å²) in [6, 6.07) is 45.6. The fraction of sp³-hybridized carbons (Fsp3) is 0.0244. The minimum Gasteiger partial charge on any atom is -0.457 e. The molecule has 0 bridgehead atoms. The van der Waals surface area contributed by atoms with Crippen LogP contribution in [0.2, 0.25) is 0 Å². The van der Waals surface area contributed by atoms with Crippen molar-refractivity contribution in [3.05, 3.63) is 164 Å². The molecule has 0 radical (unpaired) electrons. The molecule has 0 N–H and O–H groups in total. The zero-order valence-electron chi connectivity index (χ0n) is 24.0. The second-order valence-corrected chi connectivity index (χ2v) is 11.0. The van der Waals surface area contributed by atoms with Gasteiger partial charge in [-0.05, 0) is 71.1 Å². The minimum absolute atomic E-state index is 0.624. The molecule has 0 atom stereocenters. The molecule has 6 aromatic carbocycles. The van der Waals surface area contributed by atoms with Crippen molar-refractivity contribution in [3.63, 3.8) is 0 Å². The molecule has 3 heteroatoms. The first-order chi connectivity index (χ1) is 21.7. The standard InChI is InChI=1S/C41H28O3/c1-27-11-9-14-29-15-10-18-32(41(29)42-27)31-22-24-36-35-23-21-30(28-12-3-2-4-13-28)25-39(35)43-37-19-7-5-16-33(37)34-17-6-8-20-38(34)44-40(36)26-31/h2-13,15-26H,1,14H2. The van der Waals surface area contributed by atoms with E-state index in [0.29, 0.717) is 5.76 Å². The van der Waals surface area contributed by atoms with Gasteiger partial charge in [0.2, 0.25) is 0 Å². The average Bonchev–Trinajstić information content (AvgIpc) is 3.26. The number of para-hydroxylation sites is 3. The molecule has 0 saturated carbocycles. The Labute approximate surface area is 256 Å². The molecular formula is C41H28O3. The third-order valence-electron chi connectivity index (χ3n) is 8.15. The molecule has 0 spiro atoms. The Hall–Kier alpha value is -5.80. The summed E-state index contributed by atoms with van der Waals surface area (Å²) in [5.41, 5.74) is 9.12. The minimum atomic E-state index is 0.624. The predicted molar refractivity (Wildman–Crippen MR) is 177 cm³/mol. The van der Waals surface area contributed by atoms with E-state index in [0.717, 1.165) is 85.2 Å². The maximum atomic E-state index is 6.87. The molecule has 0 aromatic heterocycles. The Morgan fingerprint density at radius 3 is 1.70 bits per heavy atom. The van der Waals surface area contributed by atoms with Gasteiger partial charge >= 0.3 is 0 Å². The highest BCUT2D eigenvalue weighted by Gasteiger charge is 2.22. The van der Waals surface area contributed by atoms with Crippen LogP contribution in [0.3, 0.4) is 0 Å². The van der Waals surface area contributed by atoms with E-state index in [-0.39, 0.29) is 0 Å². The van der Waals surface area contributed by atoms with E-state index in [9.17, 15) is 0 Å². The maximum absolute atomic E-state index is 6.87. The van der Waals surface area contributed by atoms with Gasteiger partial charge < -0.3 is 14.2 Å². The van der Waals surface area contributed by atoms with E-state index in [2.05, 4.69) is 104 Å². The van der Waals surface area contributed by atoms with Crippen LogP contribution in [-0.2, 0) is 6.42 Å². The summed E-state index contributed by atoms with van der Waals surface area (Å²) in [5.74, 6) is 4.47. The Balaban J connectivity index is 1.35. The Kier molecular flexibility index (Phi) is 6.35. The molecule has 2 aliphatic rings. The van der Waals surface area contributed by atoms with Gasteiger partial charge in [-0.25, -0.2) is 0 Å². The fourth-order valence-electron chi connectivity index (χ4n) is 6.01. The first-order valence-corrected chi connectivity index (χ1v) is 14.7. The van der Waals surface area contributed by atoms with Gasteiger partial charge in [0, 0.05) is 27.8 Å². The van der Waals surface area contributed by atoms with Crippen LogP contribution in [0.25, 0.3) is 44.5 Å². The fourth-order valence-corrected chi connectivity index (χ4v) is 6.01. The van der Waals surface area contributed by atoms with Crippen molar-refractivity contribution in [1.82, 2.24) is 0 Å².